The van der Waals surface area contributed by atoms with Gasteiger partial charge in [0.05, 0.1) is 22.8 Å². The van der Waals surface area contributed by atoms with Gasteiger partial charge in [-0.25, -0.2) is 32.8 Å². The number of hydrogen-bond acceptors (Lipinski definition) is 9. The Morgan fingerprint density at radius 3 is 2.59 bits per heavy atom. The summed E-state index contributed by atoms with van der Waals surface area (Å²) in [5.41, 5.74) is 3.66. The van der Waals surface area contributed by atoms with E-state index >= 15 is 0 Å². The molecule has 12 nitrogen and oxygen atoms in total. The van der Waals surface area contributed by atoms with E-state index in [2.05, 4.69) is 31.2 Å². The summed E-state index contributed by atoms with van der Waals surface area (Å²) in [7, 11) is -3.90. The number of aryl methyl sites for hydroxylation is 2. The highest BCUT2D eigenvalue weighted by molar-refractivity contribution is 7.99. The smallest absolute Gasteiger partial charge is 0.265 e. The standard InChI is InChI=1S/C27H24N8O4S2/c1-16-4-9-22(17(2)12-16)35-24-21(14-30-35)25(37)34-19(15-40-27(34)32-24)13-23(36)31-18-5-7-20(8-6-18)41(38,39)33-26-28-10-3-11-29-26/h3-12,14,19H,13,15H2,1-2H3,(H,31,36)(H,28,29,33). The molecule has 6 rings (SSSR count). The molecule has 0 saturated heterocycles. The molecule has 2 N–H and O–H groups in total. The number of thioether (sulfide) groups is 1. The molecule has 14 heteroatoms. The molecule has 0 aliphatic carbocycles. The van der Waals surface area contributed by atoms with E-state index in [4.69, 9.17) is 4.98 Å². The minimum absolute atomic E-state index is 0.00732. The quantitative estimate of drug-likeness (QED) is 0.272. The summed E-state index contributed by atoms with van der Waals surface area (Å²) in [4.78, 5) is 38.8. The van der Waals surface area contributed by atoms with Crippen LogP contribution in [0.15, 0.2) is 82.0 Å². The molecule has 208 valence electrons. The van der Waals surface area contributed by atoms with Crippen molar-refractivity contribution >= 4 is 50.4 Å². The number of anilines is 2. The van der Waals surface area contributed by atoms with E-state index in [0.29, 0.717) is 27.6 Å². The first kappa shape index (κ1) is 26.7. The minimum atomic E-state index is -3.90. The van der Waals surface area contributed by atoms with Crippen LogP contribution >= 0.6 is 11.8 Å². The van der Waals surface area contributed by atoms with Crippen LogP contribution in [0.4, 0.5) is 11.6 Å². The van der Waals surface area contributed by atoms with Crippen molar-refractivity contribution in [2.45, 2.75) is 36.4 Å². The number of fused-ring (bicyclic) bond motifs is 2. The van der Waals surface area contributed by atoms with Gasteiger partial charge in [0.1, 0.15) is 5.39 Å². The Morgan fingerprint density at radius 1 is 1.10 bits per heavy atom. The SMILES string of the molecule is Cc1ccc(-n2ncc3c(=O)n4c(nc32)SCC4CC(=O)Nc2ccc(S(=O)(=O)Nc3ncccn3)cc2)c(C)c1. The fourth-order valence-corrected chi connectivity index (χ4v) is 6.76. The molecule has 2 aromatic carbocycles. The van der Waals surface area contributed by atoms with Gasteiger partial charge in [0.15, 0.2) is 10.8 Å². The van der Waals surface area contributed by atoms with Crippen molar-refractivity contribution in [3.63, 3.8) is 0 Å². The van der Waals surface area contributed by atoms with Crippen LogP contribution < -0.4 is 15.6 Å². The van der Waals surface area contributed by atoms with Crippen LogP contribution in [-0.2, 0) is 14.8 Å². The zero-order valence-corrected chi connectivity index (χ0v) is 23.6. The highest BCUT2D eigenvalue weighted by atomic mass is 32.2. The average molecular weight is 589 g/mol. The van der Waals surface area contributed by atoms with Gasteiger partial charge in [0.2, 0.25) is 11.9 Å². The van der Waals surface area contributed by atoms with Crippen LogP contribution in [-0.4, -0.2) is 49.4 Å². The van der Waals surface area contributed by atoms with Crippen LogP contribution in [0.3, 0.4) is 0 Å². The monoisotopic (exact) mass is 588 g/mol. The Hall–Kier alpha value is -4.56. The van der Waals surface area contributed by atoms with Gasteiger partial charge >= 0.3 is 0 Å². The van der Waals surface area contributed by atoms with Crippen LogP contribution in [0, 0.1) is 13.8 Å². The number of hydrogen-bond donors (Lipinski definition) is 2. The normalized spacial score (nSPS) is 14.6. The molecule has 1 atom stereocenters. The van der Waals surface area contributed by atoms with Crippen molar-refractivity contribution in [1.82, 2.24) is 29.3 Å². The summed E-state index contributed by atoms with van der Waals surface area (Å²) < 4.78 is 30.7. The molecule has 0 fully saturated rings. The number of nitrogens with zero attached hydrogens (tertiary/aromatic N) is 6. The van der Waals surface area contributed by atoms with Crippen molar-refractivity contribution < 1.29 is 13.2 Å². The molecule has 41 heavy (non-hydrogen) atoms. The van der Waals surface area contributed by atoms with E-state index < -0.39 is 16.1 Å². The third-order valence-electron chi connectivity index (χ3n) is 6.61. The maximum Gasteiger partial charge on any atom is 0.265 e. The fraction of sp³-hybridized carbons (Fsp3) is 0.185. The van der Waals surface area contributed by atoms with Gasteiger partial charge in [-0.05, 0) is 55.8 Å². The second kappa shape index (κ2) is 10.4. The molecule has 1 aliphatic rings. The molecule has 3 aromatic heterocycles. The molecule has 5 aromatic rings. The van der Waals surface area contributed by atoms with Crippen LogP contribution in [0.1, 0.15) is 23.6 Å². The van der Waals surface area contributed by atoms with Gasteiger partial charge in [-0.2, -0.15) is 5.10 Å². The second-order valence-electron chi connectivity index (χ2n) is 9.57. The Labute approximate surface area is 238 Å². The van der Waals surface area contributed by atoms with Gasteiger partial charge in [-0.1, -0.05) is 29.5 Å². The fourth-order valence-electron chi connectivity index (χ4n) is 4.67. The molecule has 1 aliphatic heterocycles. The van der Waals surface area contributed by atoms with E-state index in [1.54, 1.807) is 15.3 Å². The molecule has 4 heterocycles. The van der Waals surface area contributed by atoms with Crippen molar-refractivity contribution in [3.05, 3.63) is 88.6 Å². The van der Waals surface area contributed by atoms with Gasteiger partial charge in [-0.3, -0.25) is 14.2 Å². The van der Waals surface area contributed by atoms with Gasteiger partial charge in [0, 0.05) is 30.3 Å². The molecular weight excluding hydrogens is 564 g/mol. The lowest BCUT2D eigenvalue weighted by molar-refractivity contribution is -0.116. The molecule has 1 amide bonds. The largest absolute Gasteiger partial charge is 0.326 e. The summed E-state index contributed by atoms with van der Waals surface area (Å²) >= 11 is 1.42. The zero-order chi connectivity index (χ0) is 28.7. The number of nitrogens with one attached hydrogen (secondary N) is 2. The number of sulfonamides is 1. The average Bonchev–Trinajstić information content (AvgIpc) is 3.54. The van der Waals surface area contributed by atoms with E-state index in [9.17, 15) is 18.0 Å². The number of benzene rings is 2. The molecular formula is C27H24N8O4S2. The maximum absolute atomic E-state index is 13.5. The first-order valence-corrected chi connectivity index (χ1v) is 15.1. The lowest BCUT2D eigenvalue weighted by Crippen LogP contribution is -2.27. The number of aromatic nitrogens is 6. The Balaban J connectivity index is 1.18. The molecule has 0 radical (unpaired) electrons. The van der Waals surface area contributed by atoms with Gasteiger partial charge in [0.25, 0.3) is 15.6 Å². The Kier molecular flexibility index (Phi) is 6.79. The molecule has 0 spiro atoms. The third kappa shape index (κ3) is 5.18. The summed E-state index contributed by atoms with van der Waals surface area (Å²) in [5, 5.41) is 8.15. The lowest BCUT2D eigenvalue weighted by Gasteiger charge is -2.14. The number of amides is 1. The van der Waals surface area contributed by atoms with Crippen LogP contribution in [0.5, 0.6) is 0 Å². The minimum Gasteiger partial charge on any atom is -0.326 e. The summed E-state index contributed by atoms with van der Waals surface area (Å²) in [5.74, 6) is 0.163. The van der Waals surface area contributed by atoms with Crippen LogP contribution in [0.25, 0.3) is 16.7 Å². The van der Waals surface area contributed by atoms with E-state index in [1.807, 2.05) is 26.0 Å². The molecule has 0 bridgehead atoms. The second-order valence-corrected chi connectivity index (χ2v) is 12.2. The molecule has 1 unspecified atom stereocenters. The number of carbonyl (C=O) groups excluding carboxylic acids is 1. The van der Waals surface area contributed by atoms with E-state index in [-0.39, 0.29) is 28.7 Å². The highest BCUT2D eigenvalue weighted by Crippen LogP contribution is 2.34. The number of rotatable bonds is 7. The summed E-state index contributed by atoms with van der Waals surface area (Å²) in [6.45, 7) is 4.00. The maximum atomic E-state index is 13.5. The van der Waals surface area contributed by atoms with Crippen molar-refractivity contribution in [2.24, 2.45) is 0 Å². The van der Waals surface area contributed by atoms with Crippen molar-refractivity contribution in [2.75, 3.05) is 15.8 Å². The predicted octanol–water partition coefficient (Wildman–Crippen LogP) is 3.47. The topological polar surface area (TPSA) is 154 Å². The summed E-state index contributed by atoms with van der Waals surface area (Å²) in [6.07, 6.45) is 4.42. The first-order chi connectivity index (χ1) is 19.7. The Bertz CT molecular complexity index is 1960. The zero-order valence-electron chi connectivity index (χ0n) is 22.0. The summed E-state index contributed by atoms with van der Waals surface area (Å²) in [6, 6.07) is 12.9. The van der Waals surface area contributed by atoms with Crippen molar-refractivity contribution in [3.8, 4) is 5.69 Å². The molecule has 0 saturated carbocycles. The lowest BCUT2D eigenvalue weighted by atomic mass is 10.1. The first-order valence-electron chi connectivity index (χ1n) is 12.6. The third-order valence-corrected chi connectivity index (χ3v) is 9.05. The highest BCUT2D eigenvalue weighted by Gasteiger charge is 2.30. The number of carbonyl (C=O) groups is 1. The van der Waals surface area contributed by atoms with Crippen LogP contribution in [0.2, 0.25) is 0 Å². The van der Waals surface area contributed by atoms with Gasteiger partial charge < -0.3 is 5.32 Å². The predicted molar refractivity (Wildman–Crippen MR) is 155 cm³/mol. The van der Waals surface area contributed by atoms with Crippen molar-refractivity contribution in [1.29, 1.82) is 0 Å². The van der Waals surface area contributed by atoms with E-state index in [1.165, 1.54) is 54.6 Å². The Morgan fingerprint density at radius 2 is 1.85 bits per heavy atom. The van der Waals surface area contributed by atoms with Gasteiger partial charge in [-0.15, -0.1) is 0 Å². The van der Waals surface area contributed by atoms with E-state index in [0.717, 1.165) is 16.8 Å².